The lowest BCUT2D eigenvalue weighted by Gasteiger charge is -2.11. The molecule has 154 valence electrons. The summed E-state index contributed by atoms with van der Waals surface area (Å²) in [4.78, 5) is 36.3. The Morgan fingerprint density at radius 2 is 1.70 bits per heavy atom. The molecule has 2 rings (SSSR count). The number of nitriles is 1. The van der Waals surface area contributed by atoms with Crippen LogP contribution in [0.2, 0.25) is 0 Å². The van der Waals surface area contributed by atoms with Gasteiger partial charge in [-0.15, -0.1) is 0 Å². The van der Waals surface area contributed by atoms with Crippen LogP contribution in [-0.2, 0) is 14.3 Å². The van der Waals surface area contributed by atoms with Crippen LogP contribution < -0.4 is 10.6 Å². The molecule has 8 heteroatoms. The van der Waals surface area contributed by atoms with Crippen molar-refractivity contribution in [3.63, 3.8) is 0 Å². The van der Waals surface area contributed by atoms with Crippen LogP contribution >= 0.6 is 0 Å². The van der Waals surface area contributed by atoms with E-state index in [0.29, 0.717) is 5.69 Å². The van der Waals surface area contributed by atoms with Crippen LogP contribution in [0.4, 0.5) is 11.4 Å². The lowest BCUT2D eigenvalue weighted by atomic mass is 10.1. The summed E-state index contributed by atoms with van der Waals surface area (Å²) in [6.45, 7) is 3.77. The molecule has 2 aromatic rings. The summed E-state index contributed by atoms with van der Waals surface area (Å²) in [6, 6.07) is 11.4. The van der Waals surface area contributed by atoms with Crippen molar-refractivity contribution in [1.29, 1.82) is 5.26 Å². The molecule has 8 nitrogen and oxygen atoms in total. The Hall–Kier alpha value is -4.12. The van der Waals surface area contributed by atoms with E-state index in [2.05, 4.69) is 15.4 Å². The molecule has 0 saturated heterocycles. The van der Waals surface area contributed by atoms with Gasteiger partial charge >= 0.3 is 11.9 Å². The summed E-state index contributed by atoms with van der Waals surface area (Å²) in [5.74, 6) is -1.88. The smallest absolute Gasteiger partial charge is 0.339 e. The Kier molecular flexibility index (Phi) is 7.31. The van der Waals surface area contributed by atoms with Gasteiger partial charge in [0.05, 0.1) is 31.0 Å². The van der Waals surface area contributed by atoms with E-state index < -0.39 is 17.8 Å². The topological polar surface area (TPSA) is 118 Å². The summed E-state index contributed by atoms with van der Waals surface area (Å²) in [5.41, 5.74) is 2.72. The molecule has 0 aliphatic carbocycles. The van der Waals surface area contributed by atoms with E-state index in [0.717, 1.165) is 17.3 Å². The predicted molar refractivity (Wildman–Crippen MR) is 111 cm³/mol. The zero-order chi connectivity index (χ0) is 22.3. The van der Waals surface area contributed by atoms with Gasteiger partial charge in [-0.1, -0.05) is 12.1 Å². The summed E-state index contributed by atoms with van der Waals surface area (Å²) in [7, 11) is 2.45. The zero-order valence-corrected chi connectivity index (χ0v) is 17.0. The third kappa shape index (κ3) is 5.02. The van der Waals surface area contributed by atoms with Crippen LogP contribution in [0.25, 0.3) is 0 Å². The fourth-order valence-corrected chi connectivity index (χ4v) is 2.57. The average Bonchev–Trinajstić information content (AvgIpc) is 2.76. The number of carbonyl (C=O) groups is 3. The molecule has 0 aromatic heterocycles. The van der Waals surface area contributed by atoms with Crippen LogP contribution in [0, 0.1) is 25.2 Å². The monoisotopic (exact) mass is 407 g/mol. The Morgan fingerprint density at radius 1 is 1.00 bits per heavy atom. The Bertz CT molecular complexity index is 1070. The molecular weight excluding hydrogens is 386 g/mol. The Labute approximate surface area is 174 Å². The molecule has 0 bridgehead atoms. The van der Waals surface area contributed by atoms with Gasteiger partial charge in [-0.25, -0.2) is 9.59 Å². The molecule has 2 aromatic carbocycles. The van der Waals surface area contributed by atoms with Crippen LogP contribution in [-0.4, -0.2) is 32.1 Å². The first kappa shape index (κ1) is 22.2. The molecule has 0 aliphatic heterocycles. The highest BCUT2D eigenvalue weighted by Gasteiger charge is 2.16. The molecule has 0 saturated carbocycles. The van der Waals surface area contributed by atoms with Crippen LogP contribution in [0.5, 0.6) is 0 Å². The van der Waals surface area contributed by atoms with E-state index in [-0.39, 0.29) is 22.4 Å². The van der Waals surface area contributed by atoms with Gasteiger partial charge in [0.2, 0.25) is 0 Å². The van der Waals surface area contributed by atoms with E-state index in [1.165, 1.54) is 32.4 Å². The third-order valence-corrected chi connectivity index (χ3v) is 4.44. The molecule has 0 heterocycles. The number of hydrogen-bond acceptors (Lipinski definition) is 7. The van der Waals surface area contributed by atoms with E-state index in [1.807, 2.05) is 26.0 Å². The standard InChI is InChI=1S/C22H21N3O5/c1-13-6-5-7-18(14(13)2)25-20(26)16(11-23)12-24-19-10-15(21(27)29-3)8-9-17(19)22(28)30-4/h5-10,12,24H,1-4H3,(H,25,26)/b16-12-. The minimum Gasteiger partial charge on any atom is -0.465 e. The third-order valence-electron chi connectivity index (χ3n) is 4.44. The molecular formula is C22H21N3O5. The van der Waals surface area contributed by atoms with Crippen molar-refractivity contribution < 1.29 is 23.9 Å². The van der Waals surface area contributed by atoms with Crippen molar-refractivity contribution in [2.75, 3.05) is 24.9 Å². The first-order chi connectivity index (χ1) is 14.3. The van der Waals surface area contributed by atoms with E-state index >= 15 is 0 Å². The number of nitrogens with one attached hydrogen (secondary N) is 2. The highest BCUT2D eigenvalue weighted by molar-refractivity contribution is 6.07. The molecule has 0 radical (unpaired) electrons. The largest absolute Gasteiger partial charge is 0.465 e. The van der Waals surface area contributed by atoms with Gasteiger partial charge in [0.15, 0.2) is 0 Å². The summed E-state index contributed by atoms with van der Waals surface area (Å²) >= 11 is 0. The van der Waals surface area contributed by atoms with Gasteiger partial charge in [0, 0.05) is 11.9 Å². The fourth-order valence-electron chi connectivity index (χ4n) is 2.57. The number of aryl methyl sites for hydroxylation is 1. The second-order valence-electron chi connectivity index (χ2n) is 6.26. The number of hydrogen-bond donors (Lipinski definition) is 2. The normalized spacial score (nSPS) is 10.6. The number of methoxy groups -OCH3 is 2. The van der Waals surface area contributed by atoms with Crippen LogP contribution in [0.3, 0.4) is 0 Å². The number of rotatable bonds is 6. The van der Waals surface area contributed by atoms with Crippen molar-refractivity contribution in [2.45, 2.75) is 13.8 Å². The van der Waals surface area contributed by atoms with Gasteiger partial charge in [-0.2, -0.15) is 5.26 Å². The van der Waals surface area contributed by atoms with Gasteiger partial charge in [0.1, 0.15) is 11.6 Å². The van der Waals surface area contributed by atoms with E-state index in [1.54, 1.807) is 12.1 Å². The number of amides is 1. The summed E-state index contributed by atoms with van der Waals surface area (Å²) < 4.78 is 9.40. The summed E-state index contributed by atoms with van der Waals surface area (Å²) in [6.07, 6.45) is 1.16. The molecule has 0 fully saturated rings. The zero-order valence-electron chi connectivity index (χ0n) is 17.0. The minimum absolute atomic E-state index is 0.119. The van der Waals surface area contributed by atoms with Crippen molar-refractivity contribution in [1.82, 2.24) is 0 Å². The number of ether oxygens (including phenoxy) is 2. The van der Waals surface area contributed by atoms with E-state index in [4.69, 9.17) is 4.74 Å². The number of nitrogens with zero attached hydrogens (tertiary/aromatic N) is 1. The van der Waals surface area contributed by atoms with E-state index in [9.17, 15) is 19.6 Å². The number of anilines is 2. The maximum Gasteiger partial charge on any atom is 0.339 e. The first-order valence-electron chi connectivity index (χ1n) is 8.87. The van der Waals surface area contributed by atoms with Gasteiger partial charge in [0.25, 0.3) is 5.91 Å². The fraction of sp³-hybridized carbons (Fsp3) is 0.182. The molecule has 0 atom stereocenters. The minimum atomic E-state index is -0.652. The van der Waals surface area contributed by atoms with Crippen molar-refractivity contribution in [3.8, 4) is 6.07 Å². The quantitative estimate of drug-likeness (QED) is 0.428. The highest BCUT2D eigenvalue weighted by atomic mass is 16.5. The second-order valence-corrected chi connectivity index (χ2v) is 6.26. The molecule has 0 aliphatic rings. The predicted octanol–water partition coefficient (Wildman–Crippen LogP) is 3.33. The average molecular weight is 407 g/mol. The Balaban J connectivity index is 2.33. The number of carbonyl (C=O) groups excluding carboxylic acids is 3. The summed E-state index contributed by atoms with van der Waals surface area (Å²) in [5, 5.41) is 14.8. The maximum atomic E-state index is 12.5. The van der Waals surface area contributed by atoms with Crippen molar-refractivity contribution >= 4 is 29.2 Å². The molecule has 2 N–H and O–H groups in total. The van der Waals surface area contributed by atoms with Gasteiger partial charge < -0.3 is 20.1 Å². The van der Waals surface area contributed by atoms with Crippen molar-refractivity contribution in [2.24, 2.45) is 0 Å². The van der Waals surface area contributed by atoms with Crippen molar-refractivity contribution in [3.05, 3.63) is 70.4 Å². The molecule has 1 amide bonds. The Morgan fingerprint density at radius 3 is 2.33 bits per heavy atom. The molecule has 30 heavy (non-hydrogen) atoms. The van der Waals surface area contributed by atoms with Gasteiger partial charge in [-0.05, 0) is 49.2 Å². The highest BCUT2D eigenvalue weighted by Crippen LogP contribution is 2.21. The molecule has 0 spiro atoms. The number of benzene rings is 2. The number of esters is 2. The first-order valence-corrected chi connectivity index (χ1v) is 8.87. The maximum absolute atomic E-state index is 12.5. The van der Waals surface area contributed by atoms with Gasteiger partial charge in [-0.3, -0.25) is 4.79 Å². The molecule has 0 unspecified atom stereocenters. The lowest BCUT2D eigenvalue weighted by molar-refractivity contribution is -0.112. The second kappa shape index (κ2) is 9.89. The SMILES string of the molecule is COC(=O)c1ccc(C(=O)OC)c(N/C=C(/C#N)C(=O)Nc2cccc(C)c2C)c1. The van der Waals surface area contributed by atoms with Crippen LogP contribution in [0.15, 0.2) is 48.2 Å². The van der Waals surface area contributed by atoms with Crippen LogP contribution in [0.1, 0.15) is 31.8 Å². The lowest BCUT2D eigenvalue weighted by Crippen LogP contribution is -2.16.